The number of para-hydroxylation sites is 1. The molecule has 1 aromatic heterocycles. The fourth-order valence-corrected chi connectivity index (χ4v) is 2.42. The summed E-state index contributed by atoms with van der Waals surface area (Å²) < 4.78 is 5.88. The second-order valence-electron chi connectivity index (χ2n) is 5.25. The summed E-state index contributed by atoms with van der Waals surface area (Å²) in [6.45, 7) is 2.01. The monoisotopic (exact) mass is 354 g/mol. The Morgan fingerprint density at radius 1 is 1.27 bits per heavy atom. The summed E-state index contributed by atoms with van der Waals surface area (Å²) in [5.41, 5.74) is -0.757. The smallest absolute Gasteiger partial charge is 0.349 e. The quantitative estimate of drug-likeness (QED) is 0.426. The third-order valence-electron chi connectivity index (χ3n) is 3.59. The van der Waals surface area contributed by atoms with Crippen LogP contribution in [0.25, 0.3) is 10.9 Å². The van der Waals surface area contributed by atoms with Gasteiger partial charge in [-0.2, -0.15) is 5.10 Å². The van der Waals surface area contributed by atoms with Gasteiger partial charge in [0.2, 0.25) is 0 Å². The van der Waals surface area contributed by atoms with E-state index in [2.05, 4.69) is 10.1 Å². The number of aromatic nitrogens is 2. The molecule has 0 unspecified atom stereocenters. The molecule has 0 saturated heterocycles. The van der Waals surface area contributed by atoms with Gasteiger partial charge in [0.1, 0.15) is 0 Å². The summed E-state index contributed by atoms with van der Waals surface area (Å²) in [6.07, 6.45) is 1.20. The maximum absolute atomic E-state index is 12.4. The molecule has 0 amide bonds. The van der Waals surface area contributed by atoms with Gasteiger partial charge in [0.15, 0.2) is 5.75 Å². The number of aromatic amines is 1. The largest absolute Gasteiger partial charge is 0.487 e. The highest BCUT2D eigenvalue weighted by molar-refractivity contribution is 5.82. The number of H-pyrrole nitrogens is 1. The van der Waals surface area contributed by atoms with E-state index < -0.39 is 16.2 Å². The highest BCUT2D eigenvalue weighted by atomic mass is 16.6. The minimum Gasteiger partial charge on any atom is -0.487 e. The molecule has 0 spiro atoms. The van der Waals surface area contributed by atoms with E-state index in [1.54, 1.807) is 37.3 Å². The first-order valence-electron chi connectivity index (χ1n) is 7.71. The molecule has 0 aliphatic carbocycles. The van der Waals surface area contributed by atoms with Crippen molar-refractivity contribution in [2.75, 3.05) is 6.61 Å². The number of nitrogens with one attached hydrogen (secondary N) is 1. The van der Waals surface area contributed by atoms with Crippen molar-refractivity contribution in [3.05, 3.63) is 79.0 Å². The van der Waals surface area contributed by atoms with Gasteiger partial charge >= 0.3 is 11.4 Å². The van der Waals surface area contributed by atoms with Crippen molar-refractivity contribution < 1.29 is 9.66 Å². The van der Waals surface area contributed by atoms with Crippen LogP contribution in [0.15, 0.2) is 57.2 Å². The van der Waals surface area contributed by atoms with Crippen molar-refractivity contribution in [1.29, 1.82) is 0 Å². The van der Waals surface area contributed by atoms with Crippen LogP contribution >= 0.6 is 0 Å². The Balaban J connectivity index is 2.04. The van der Waals surface area contributed by atoms with E-state index in [1.165, 1.54) is 18.3 Å². The van der Waals surface area contributed by atoms with E-state index >= 15 is 0 Å². The maximum atomic E-state index is 12.4. The van der Waals surface area contributed by atoms with Crippen LogP contribution in [-0.4, -0.2) is 27.4 Å². The minimum absolute atomic E-state index is 0.135. The highest BCUT2D eigenvalue weighted by Crippen LogP contribution is 2.27. The van der Waals surface area contributed by atoms with Gasteiger partial charge in [0.05, 0.1) is 28.6 Å². The molecule has 0 bridgehead atoms. The van der Waals surface area contributed by atoms with E-state index in [1.807, 2.05) is 0 Å². The number of ether oxygens (including phenoxy) is 1. The summed E-state index contributed by atoms with van der Waals surface area (Å²) in [5.74, 6) is 0.135. The molecule has 3 rings (SSSR count). The molecule has 9 nitrogen and oxygen atoms in total. The lowest BCUT2D eigenvalue weighted by molar-refractivity contribution is -0.385. The van der Waals surface area contributed by atoms with Crippen LogP contribution in [0.5, 0.6) is 5.75 Å². The molecule has 0 aliphatic rings. The van der Waals surface area contributed by atoms with Crippen LogP contribution in [0.2, 0.25) is 0 Å². The van der Waals surface area contributed by atoms with Gasteiger partial charge in [-0.25, -0.2) is 4.79 Å². The molecule has 1 N–H and O–H groups in total. The van der Waals surface area contributed by atoms with Crippen LogP contribution in [0.4, 0.5) is 5.69 Å². The summed E-state index contributed by atoms with van der Waals surface area (Å²) >= 11 is 0. The molecular formula is C17H14N4O5. The topological polar surface area (TPSA) is 120 Å². The standard InChI is InChI=1S/C17H14N4O5/c1-2-26-15-8-7-11(9-14(15)21(24)25)10-18-20-16(22)12-5-3-4-6-13(12)19-17(20)23/h3-10H,2H2,1H3,(H,19,23). The molecule has 3 aromatic rings. The zero-order valence-electron chi connectivity index (χ0n) is 13.7. The van der Waals surface area contributed by atoms with Gasteiger partial charge in [0, 0.05) is 11.6 Å². The Bertz CT molecular complexity index is 1130. The second kappa shape index (κ2) is 7.01. The molecule has 26 heavy (non-hydrogen) atoms. The number of nitrogens with zero attached hydrogens (tertiary/aromatic N) is 3. The zero-order valence-corrected chi connectivity index (χ0v) is 13.7. The van der Waals surface area contributed by atoms with Crippen molar-refractivity contribution >= 4 is 22.8 Å². The van der Waals surface area contributed by atoms with Crippen LogP contribution < -0.4 is 16.0 Å². The predicted molar refractivity (Wildman–Crippen MR) is 96.1 cm³/mol. The van der Waals surface area contributed by atoms with E-state index in [4.69, 9.17) is 4.74 Å². The minimum atomic E-state index is -0.703. The number of benzene rings is 2. The predicted octanol–water partition coefficient (Wildman–Crippen LogP) is 1.88. The van der Waals surface area contributed by atoms with Crippen molar-refractivity contribution in [3.63, 3.8) is 0 Å². The Hall–Kier alpha value is -3.75. The van der Waals surface area contributed by atoms with Crippen molar-refractivity contribution in [2.45, 2.75) is 6.92 Å². The fourth-order valence-electron chi connectivity index (χ4n) is 2.42. The molecule has 1 heterocycles. The molecule has 0 radical (unpaired) electrons. The van der Waals surface area contributed by atoms with Gasteiger partial charge in [-0.3, -0.25) is 14.9 Å². The maximum Gasteiger partial charge on any atom is 0.349 e. The third kappa shape index (κ3) is 3.22. The average Bonchev–Trinajstić information content (AvgIpc) is 2.62. The lowest BCUT2D eigenvalue weighted by atomic mass is 10.2. The number of rotatable bonds is 5. The summed E-state index contributed by atoms with van der Waals surface area (Å²) in [5, 5.41) is 15.3. The van der Waals surface area contributed by atoms with Crippen LogP contribution in [0, 0.1) is 10.1 Å². The third-order valence-corrected chi connectivity index (χ3v) is 3.59. The first-order chi connectivity index (χ1) is 12.5. The SMILES string of the molecule is CCOc1ccc(C=Nn2c(=O)[nH]c3ccccc3c2=O)cc1[N+](=O)[O-]. The van der Waals surface area contributed by atoms with Gasteiger partial charge in [-0.05, 0) is 31.2 Å². The van der Waals surface area contributed by atoms with Crippen LogP contribution in [-0.2, 0) is 0 Å². The molecular weight excluding hydrogens is 340 g/mol. The Morgan fingerprint density at radius 3 is 2.77 bits per heavy atom. The zero-order chi connectivity index (χ0) is 18.7. The molecule has 0 saturated carbocycles. The van der Waals surface area contributed by atoms with Crippen molar-refractivity contribution in [1.82, 2.24) is 9.66 Å². The van der Waals surface area contributed by atoms with Crippen molar-refractivity contribution in [3.8, 4) is 5.75 Å². The molecule has 2 aromatic carbocycles. The van der Waals surface area contributed by atoms with E-state index in [-0.39, 0.29) is 18.0 Å². The molecule has 0 aliphatic heterocycles. The Labute approximate surface area is 146 Å². The number of nitro benzene ring substituents is 1. The summed E-state index contributed by atoms with van der Waals surface area (Å²) in [4.78, 5) is 37.6. The number of nitro groups is 1. The Kier molecular flexibility index (Phi) is 4.61. The van der Waals surface area contributed by atoms with Crippen molar-refractivity contribution in [2.24, 2.45) is 5.10 Å². The number of fused-ring (bicyclic) bond motifs is 1. The average molecular weight is 354 g/mol. The van der Waals surface area contributed by atoms with E-state index in [9.17, 15) is 19.7 Å². The first kappa shape index (κ1) is 17.1. The highest BCUT2D eigenvalue weighted by Gasteiger charge is 2.15. The number of hydrogen-bond donors (Lipinski definition) is 1. The molecule has 0 atom stereocenters. The fraction of sp³-hybridized carbons (Fsp3) is 0.118. The molecule has 9 heteroatoms. The van der Waals surface area contributed by atoms with Gasteiger partial charge in [-0.15, -0.1) is 4.68 Å². The first-order valence-corrected chi connectivity index (χ1v) is 7.71. The van der Waals surface area contributed by atoms with E-state index in [0.717, 1.165) is 0 Å². The van der Waals surface area contributed by atoms with Gasteiger partial charge < -0.3 is 9.72 Å². The van der Waals surface area contributed by atoms with Gasteiger partial charge in [-0.1, -0.05) is 12.1 Å². The Morgan fingerprint density at radius 2 is 2.04 bits per heavy atom. The van der Waals surface area contributed by atoms with E-state index in [0.29, 0.717) is 21.1 Å². The molecule has 0 fully saturated rings. The number of hydrogen-bond acceptors (Lipinski definition) is 6. The second-order valence-corrected chi connectivity index (χ2v) is 5.25. The van der Waals surface area contributed by atoms with Gasteiger partial charge in [0.25, 0.3) is 5.56 Å². The normalized spacial score (nSPS) is 11.1. The summed E-state index contributed by atoms with van der Waals surface area (Å²) in [7, 11) is 0. The molecule has 132 valence electrons. The van der Waals surface area contributed by atoms with Crippen LogP contribution in [0.3, 0.4) is 0 Å². The lowest BCUT2D eigenvalue weighted by Crippen LogP contribution is -2.32. The summed E-state index contributed by atoms with van der Waals surface area (Å²) in [6, 6.07) is 10.8. The van der Waals surface area contributed by atoms with Crippen LogP contribution in [0.1, 0.15) is 12.5 Å². The lowest BCUT2D eigenvalue weighted by Gasteiger charge is -2.04.